The second kappa shape index (κ2) is 8.14. The lowest BCUT2D eigenvalue weighted by atomic mass is 10.2. The van der Waals surface area contributed by atoms with Gasteiger partial charge in [-0.15, -0.1) is 11.3 Å². The zero-order chi connectivity index (χ0) is 16.7. The fourth-order valence-electron chi connectivity index (χ4n) is 1.93. The number of methoxy groups -OCH3 is 2. The van der Waals surface area contributed by atoms with Crippen LogP contribution in [-0.2, 0) is 9.53 Å². The Morgan fingerprint density at radius 3 is 2.78 bits per heavy atom. The smallest absolute Gasteiger partial charge is 0.319 e. The molecule has 122 valence electrons. The molecular formula is C15H17N3O4S. The first kappa shape index (κ1) is 16.8. The van der Waals surface area contributed by atoms with Crippen LogP contribution in [0, 0.1) is 0 Å². The van der Waals surface area contributed by atoms with Crippen LogP contribution < -0.4 is 15.4 Å². The van der Waals surface area contributed by atoms with E-state index in [1.165, 1.54) is 25.6 Å². The number of urea groups is 1. The molecule has 0 aliphatic rings. The van der Waals surface area contributed by atoms with E-state index in [0.29, 0.717) is 11.6 Å². The minimum atomic E-state index is -0.467. The highest BCUT2D eigenvalue weighted by Gasteiger charge is 2.20. The number of nitrogens with zero attached hydrogens (tertiary/aromatic N) is 1. The largest absolute Gasteiger partial charge is 0.480 e. The van der Waals surface area contributed by atoms with Crippen LogP contribution in [0.25, 0.3) is 0 Å². The highest BCUT2D eigenvalue weighted by Crippen LogP contribution is 2.24. The maximum absolute atomic E-state index is 12.2. The predicted octanol–water partition coefficient (Wildman–Crippen LogP) is 2.58. The average Bonchev–Trinajstić information content (AvgIpc) is 3.09. The number of aromatic nitrogens is 1. The van der Waals surface area contributed by atoms with E-state index >= 15 is 0 Å². The second-order valence-electron chi connectivity index (χ2n) is 4.51. The Balaban J connectivity index is 2.07. The number of thiophene rings is 1. The molecule has 7 nitrogen and oxygen atoms in total. The van der Waals surface area contributed by atoms with Gasteiger partial charge in [0.25, 0.3) is 0 Å². The summed E-state index contributed by atoms with van der Waals surface area (Å²) in [6.07, 6.45) is 1.61. The standard InChI is InChI=1S/C15H17N3O4S/c1-21-13(19)9-11(12-6-4-8-23-12)18-15(20)17-10-5-3-7-16-14(10)22-2/h3-8,11H,9H2,1-2H3,(H2,17,18,20)/t11-/m0/s1. The second-order valence-corrected chi connectivity index (χ2v) is 5.49. The van der Waals surface area contributed by atoms with Crippen LogP contribution in [0.5, 0.6) is 5.88 Å². The van der Waals surface area contributed by atoms with E-state index in [-0.39, 0.29) is 6.42 Å². The van der Waals surface area contributed by atoms with Gasteiger partial charge in [0, 0.05) is 11.1 Å². The fraction of sp³-hybridized carbons (Fsp3) is 0.267. The van der Waals surface area contributed by atoms with E-state index < -0.39 is 18.0 Å². The van der Waals surface area contributed by atoms with Crippen LogP contribution in [0.4, 0.5) is 10.5 Å². The number of carbonyl (C=O) groups is 2. The van der Waals surface area contributed by atoms with Crippen LogP contribution in [-0.4, -0.2) is 31.2 Å². The molecular weight excluding hydrogens is 318 g/mol. The van der Waals surface area contributed by atoms with Crippen LogP contribution in [0.2, 0.25) is 0 Å². The number of carbonyl (C=O) groups excluding carboxylic acids is 2. The molecule has 1 atom stereocenters. The SMILES string of the molecule is COC(=O)C[C@H](NC(=O)Nc1cccnc1OC)c1cccs1. The van der Waals surface area contributed by atoms with Gasteiger partial charge < -0.3 is 20.1 Å². The molecule has 2 aromatic rings. The first-order valence-electron chi connectivity index (χ1n) is 6.80. The van der Waals surface area contributed by atoms with Crippen molar-refractivity contribution < 1.29 is 19.1 Å². The van der Waals surface area contributed by atoms with Crippen LogP contribution in [0.1, 0.15) is 17.3 Å². The van der Waals surface area contributed by atoms with E-state index in [9.17, 15) is 9.59 Å². The normalized spacial score (nSPS) is 11.4. The molecule has 0 aliphatic carbocycles. The molecule has 0 spiro atoms. The Labute approximate surface area is 137 Å². The highest BCUT2D eigenvalue weighted by molar-refractivity contribution is 7.10. The zero-order valence-electron chi connectivity index (χ0n) is 12.7. The number of amides is 2. The highest BCUT2D eigenvalue weighted by atomic mass is 32.1. The molecule has 0 saturated carbocycles. The van der Waals surface area contributed by atoms with E-state index in [0.717, 1.165) is 4.88 Å². The first-order chi connectivity index (χ1) is 11.1. The maximum Gasteiger partial charge on any atom is 0.319 e. The molecule has 2 amide bonds. The minimum absolute atomic E-state index is 0.0502. The summed E-state index contributed by atoms with van der Waals surface area (Å²) in [4.78, 5) is 28.6. The van der Waals surface area contributed by atoms with Crippen molar-refractivity contribution in [3.05, 3.63) is 40.7 Å². The maximum atomic E-state index is 12.2. The van der Waals surface area contributed by atoms with Gasteiger partial charge >= 0.3 is 12.0 Å². The Morgan fingerprint density at radius 2 is 2.13 bits per heavy atom. The van der Waals surface area contributed by atoms with Gasteiger partial charge in [-0.2, -0.15) is 0 Å². The summed E-state index contributed by atoms with van der Waals surface area (Å²) >= 11 is 1.45. The monoisotopic (exact) mass is 335 g/mol. The summed E-state index contributed by atoms with van der Waals surface area (Å²) in [5.74, 6) is -0.0917. The lowest BCUT2D eigenvalue weighted by Crippen LogP contribution is -2.33. The summed E-state index contributed by atoms with van der Waals surface area (Å²) < 4.78 is 9.76. The van der Waals surface area contributed by atoms with Crippen molar-refractivity contribution in [2.24, 2.45) is 0 Å². The minimum Gasteiger partial charge on any atom is -0.480 e. The average molecular weight is 335 g/mol. The topological polar surface area (TPSA) is 89.5 Å². The predicted molar refractivity (Wildman–Crippen MR) is 86.6 cm³/mol. The molecule has 8 heteroatoms. The van der Waals surface area contributed by atoms with Crippen molar-refractivity contribution in [3.8, 4) is 5.88 Å². The molecule has 2 N–H and O–H groups in total. The summed E-state index contributed by atoms with van der Waals surface area (Å²) in [7, 11) is 2.78. The van der Waals surface area contributed by atoms with Crippen molar-refractivity contribution in [1.82, 2.24) is 10.3 Å². The molecule has 2 aromatic heterocycles. The molecule has 0 bridgehead atoms. The molecule has 0 radical (unpaired) electrons. The Bertz CT molecular complexity index is 661. The lowest BCUT2D eigenvalue weighted by Gasteiger charge is -2.17. The van der Waals surface area contributed by atoms with Gasteiger partial charge in [-0.05, 0) is 23.6 Å². The van der Waals surface area contributed by atoms with E-state index in [1.807, 2.05) is 17.5 Å². The van der Waals surface area contributed by atoms with Crippen LogP contribution in [0.3, 0.4) is 0 Å². The molecule has 23 heavy (non-hydrogen) atoms. The van der Waals surface area contributed by atoms with Gasteiger partial charge in [0.05, 0.1) is 26.7 Å². The zero-order valence-corrected chi connectivity index (χ0v) is 13.6. The Morgan fingerprint density at radius 1 is 1.30 bits per heavy atom. The summed E-state index contributed by atoms with van der Waals surface area (Å²) in [5.41, 5.74) is 0.440. The van der Waals surface area contributed by atoms with Crippen molar-refractivity contribution in [2.75, 3.05) is 19.5 Å². The number of hydrogen-bond acceptors (Lipinski definition) is 6. The molecule has 0 unspecified atom stereocenters. The van der Waals surface area contributed by atoms with Crippen molar-refractivity contribution in [2.45, 2.75) is 12.5 Å². The van der Waals surface area contributed by atoms with E-state index in [2.05, 4.69) is 20.4 Å². The number of pyridine rings is 1. The van der Waals surface area contributed by atoms with Crippen LogP contribution in [0.15, 0.2) is 35.8 Å². The summed E-state index contributed by atoms with van der Waals surface area (Å²) in [6, 6.07) is 6.13. The number of esters is 1. The lowest BCUT2D eigenvalue weighted by molar-refractivity contribution is -0.141. The number of ether oxygens (including phenoxy) is 2. The summed E-state index contributed by atoms with van der Waals surface area (Å²) in [5, 5.41) is 7.30. The van der Waals surface area contributed by atoms with Gasteiger partial charge in [-0.25, -0.2) is 9.78 Å². The number of nitrogens with one attached hydrogen (secondary N) is 2. The number of rotatable bonds is 6. The molecule has 0 aliphatic heterocycles. The Hall–Kier alpha value is -2.61. The van der Waals surface area contributed by atoms with Gasteiger partial charge in [-0.3, -0.25) is 4.79 Å². The summed E-state index contributed by atoms with van der Waals surface area (Å²) in [6.45, 7) is 0. The quantitative estimate of drug-likeness (QED) is 0.792. The molecule has 2 rings (SSSR count). The third-order valence-corrected chi connectivity index (χ3v) is 3.99. The fourth-order valence-corrected chi connectivity index (χ4v) is 2.71. The third kappa shape index (κ3) is 4.68. The number of anilines is 1. The van der Waals surface area contributed by atoms with Crippen molar-refractivity contribution in [3.63, 3.8) is 0 Å². The van der Waals surface area contributed by atoms with Crippen molar-refractivity contribution >= 4 is 29.0 Å². The van der Waals surface area contributed by atoms with Crippen molar-refractivity contribution in [1.29, 1.82) is 0 Å². The molecule has 2 heterocycles. The van der Waals surface area contributed by atoms with Crippen LogP contribution >= 0.6 is 11.3 Å². The third-order valence-electron chi connectivity index (χ3n) is 3.00. The molecule has 0 aromatic carbocycles. The van der Waals surface area contributed by atoms with E-state index in [1.54, 1.807) is 18.3 Å². The molecule has 0 saturated heterocycles. The van der Waals surface area contributed by atoms with E-state index in [4.69, 9.17) is 4.74 Å². The van der Waals surface area contributed by atoms with Gasteiger partial charge in [0.2, 0.25) is 5.88 Å². The van der Waals surface area contributed by atoms with Gasteiger partial charge in [0.15, 0.2) is 0 Å². The molecule has 0 fully saturated rings. The van der Waals surface area contributed by atoms with Gasteiger partial charge in [-0.1, -0.05) is 6.07 Å². The van der Waals surface area contributed by atoms with Gasteiger partial charge in [0.1, 0.15) is 5.69 Å². The number of hydrogen-bond donors (Lipinski definition) is 2. The Kier molecular flexibility index (Phi) is 5.93. The first-order valence-corrected chi connectivity index (χ1v) is 7.68.